The highest BCUT2D eigenvalue weighted by molar-refractivity contribution is 7.98. The molecule has 152 valence electrons. The molecule has 0 atom stereocenters. The molecule has 1 amide bonds. The van der Waals surface area contributed by atoms with Crippen LogP contribution < -0.4 is 10.0 Å². The minimum atomic E-state index is -3.75. The summed E-state index contributed by atoms with van der Waals surface area (Å²) in [5.74, 6) is 2.09. The maximum absolute atomic E-state index is 12.4. The van der Waals surface area contributed by atoms with Gasteiger partial charge in [-0.15, -0.1) is 0 Å². The number of anilines is 1. The van der Waals surface area contributed by atoms with Gasteiger partial charge in [-0.3, -0.25) is 9.52 Å². The summed E-state index contributed by atoms with van der Waals surface area (Å²) in [5.41, 5.74) is 0.565. The maximum atomic E-state index is 12.4. The van der Waals surface area contributed by atoms with Gasteiger partial charge in [-0.2, -0.15) is 11.8 Å². The molecule has 6 nitrogen and oxygen atoms in total. The van der Waals surface area contributed by atoms with E-state index in [-0.39, 0.29) is 21.5 Å². The highest BCUT2D eigenvalue weighted by Gasteiger charge is 2.16. The van der Waals surface area contributed by atoms with Crippen LogP contribution in [0.15, 0.2) is 76.2 Å². The van der Waals surface area contributed by atoms with Gasteiger partial charge in [0, 0.05) is 17.9 Å². The number of carbonyl (C=O) groups excluding carboxylic acids is 1. The molecule has 3 aromatic rings. The molecule has 0 radical (unpaired) electrons. The number of carbonyl (C=O) groups is 1. The highest BCUT2D eigenvalue weighted by Crippen LogP contribution is 2.26. The summed E-state index contributed by atoms with van der Waals surface area (Å²) >= 11 is 7.83. The van der Waals surface area contributed by atoms with Gasteiger partial charge in [-0.05, 0) is 42.5 Å². The Morgan fingerprint density at radius 2 is 1.86 bits per heavy atom. The molecule has 3 rings (SSSR count). The lowest BCUT2D eigenvalue weighted by Crippen LogP contribution is -2.25. The summed E-state index contributed by atoms with van der Waals surface area (Å²) in [6.07, 6.45) is 1.63. The average Bonchev–Trinajstić information content (AvgIpc) is 3.23. The fourth-order valence-electron chi connectivity index (χ4n) is 2.45. The largest absolute Gasteiger partial charge is 0.468 e. The second-order valence-electron chi connectivity index (χ2n) is 6.00. The zero-order valence-electron chi connectivity index (χ0n) is 15.3. The fourth-order valence-corrected chi connectivity index (χ4v) is 4.59. The van der Waals surface area contributed by atoms with Crippen molar-refractivity contribution >= 4 is 45.0 Å². The maximum Gasteiger partial charge on any atom is 0.261 e. The molecule has 1 heterocycles. The zero-order chi connectivity index (χ0) is 20.7. The Hall–Kier alpha value is -2.42. The topological polar surface area (TPSA) is 88.4 Å². The zero-order valence-corrected chi connectivity index (χ0v) is 17.7. The SMILES string of the molecule is O=C(NCCSCc1ccco1)c1ccc(NS(=O)(=O)c2ccccc2)c(Cl)c1. The van der Waals surface area contributed by atoms with E-state index in [2.05, 4.69) is 10.0 Å². The number of hydrogen-bond donors (Lipinski definition) is 2. The molecule has 0 saturated carbocycles. The Balaban J connectivity index is 1.54. The van der Waals surface area contributed by atoms with Crippen LogP contribution in [0.1, 0.15) is 16.1 Å². The summed E-state index contributed by atoms with van der Waals surface area (Å²) in [6, 6.07) is 16.2. The molecule has 0 aliphatic rings. The Morgan fingerprint density at radius 1 is 1.07 bits per heavy atom. The minimum Gasteiger partial charge on any atom is -0.468 e. The van der Waals surface area contributed by atoms with Crippen LogP contribution in [-0.2, 0) is 15.8 Å². The van der Waals surface area contributed by atoms with Crippen molar-refractivity contribution in [1.82, 2.24) is 5.32 Å². The lowest BCUT2D eigenvalue weighted by Gasteiger charge is -2.11. The van der Waals surface area contributed by atoms with Gasteiger partial charge in [-0.25, -0.2) is 8.42 Å². The molecule has 0 unspecified atom stereocenters. The number of furan rings is 1. The number of hydrogen-bond acceptors (Lipinski definition) is 5. The van der Waals surface area contributed by atoms with Crippen molar-refractivity contribution in [3.8, 4) is 0 Å². The van der Waals surface area contributed by atoms with Crippen molar-refractivity contribution in [2.24, 2.45) is 0 Å². The molecule has 2 N–H and O–H groups in total. The summed E-state index contributed by atoms with van der Waals surface area (Å²) in [4.78, 5) is 12.4. The standard InChI is InChI=1S/C20H19ClN2O4S2/c21-18-13-15(20(24)22-10-12-28-14-16-5-4-11-27-16)8-9-19(18)23-29(25,26)17-6-2-1-3-7-17/h1-9,11,13,23H,10,12,14H2,(H,22,24). The number of benzene rings is 2. The first-order valence-electron chi connectivity index (χ1n) is 8.71. The van der Waals surface area contributed by atoms with Crippen molar-refractivity contribution in [3.05, 3.63) is 83.3 Å². The molecule has 0 saturated heterocycles. The van der Waals surface area contributed by atoms with Crippen LogP contribution in [0, 0.1) is 0 Å². The van der Waals surface area contributed by atoms with E-state index in [9.17, 15) is 13.2 Å². The lowest BCUT2D eigenvalue weighted by atomic mass is 10.2. The van der Waals surface area contributed by atoms with Gasteiger partial charge in [-0.1, -0.05) is 29.8 Å². The molecular formula is C20H19ClN2O4S2. The van der Waals surface area contributed by atoms with Gasteiger partial charge < -0.3 is 9.73 Å². The van der Waals surface area contributed by atoms with E-state index in [1.165, 1.54) is 30.3 Å². The predicted molar refractivity (Wildman–Crippen MR) is 116 cm³/mol. The molecule has 1 aromatic heterocycles. The van der Waals surface area contributed by atoms with E-state index < -0.39 is 10.0 Å². The van der Waals surface area contributed by atoms with Gasteiger partial charge in [0.25, 0.3) is 15.9 Å². The number of halogens is 1. The van der Waals surface area contributed by atoms with Crippen molar-refractivity contribution in [1.29, 1.82) is 0 Å². The van der Waals surface area contributed by atoms with Crippen LogP contribution >= 0.6 is 23.4 Å². The Kier molecular flexibility index (Phi) is 7.24. The van der Waals surface area contributed by atoms with E-state index in [0.717, 1.165) is 17.3 Å². The van der Waals surface area contributed by atoms with Crippen molar-refractivity contribution in [2.45, 2.75) is 10.6 Å². The van der Waals surface area contributed by atoms with E-state index >= 15 is 0 Å². The van der Waals surface area contributed by atoms with Gasteiger partial charge in [0.05, 0.1) is 27.6 Å². The average molecular weight is 451 g/mol. The third kappa shape index (κ3) is 6.03. The van der Waals surface area contributed by atoms with Crippen LogP contribution in [-0.4, -0.2) is 26.6 Å². The van der Waals surface area contributed by atoms with Crippen molar-refractivity contribution in [2.75, 3.05) is 17.0 Å². The third-order valence-electron chi connectivity index (χ3n) is 3.89. The van der Waals surface area contributed by atoms with Crippen molar-refractivity contribution in [3.63, 3.8) is 0 Å². The summed E-state index contributed by atoms with van der Waals surface area (Å²) < 4.78 is 32.5. The lowest BCUT2D eigenvalue weighted by molar-refractivity contribution is 0.0956. The molecule has 0 spiro atoms. The van der Waals surface area contributed by atoms with E-state index in [1.54, 1.807) is 36.2 Å². The normalized spacial score (nSPS) is 11.2. The smallest absolute Gasteiger partial charge is 0.261 e. The van der Waals surface area contributed by atoms with Crippen LogP contribution in [0.5, 0.6) is 0 Å². The summed E-state index contributed by atoms with van der Waals surface area (Å²) in [6.45, 7) is 0.490. The Bertz CT molecular complexity index is 1060. The summed E-state index contributed by atoms with van der Waals surface area (Å²) in [5, 5.41) is 2.96. The van der Waals surface area contributed by atoms with E-state index in [1.807, 2.05) is 12.1 Å². The second-order valence-corrected chi connectivity index (χ2v) is 9.20. The quantitative estimate of drug-likeness (QED) is 0.472. The molecule has 2 aromatic carbocycles. The predicted octanol–water partition coefficient (Wildman–Crippen LogP) is 4.40. The van der Waals surface area contributed by atoms with Crippen LogP contribution in [0.2, 0.25) is 5.02 Å². The van der Waals surface area contributed by atoms with E-state index in [0.29, 0.717) is 12.1 Å². The third-order valence-corrected chi connectivity index (χ3v) is 6.56. The molecule has 0 fully saturated rings. The second kappa shape index (κ2) is 9.87. The van der Waals surface area contributed by atoms with E-state index in [4.69, 9.17) is 16.0 Å². The molecule has 0 aliphatic carbocycles. The number of amides is 1. The van der Waals surface area contributed by atoms with Gasteiger partial charge in [0.1, 0.15) is 5.76 Å². The van der Waals surface area contributed by atoms with Gasteiger partial charge in [0.15, 0.2) is 0 Å². The molecule has 9 heteroatoms. The van der Waals surface area contributed by atoms with Gasteiger partial charge >= 0.3 is 0 Å². The number of rotatable bonds is 9. The first-order chi connectivity index (χ1) is 14.0. The molecule has 29 heavy (non-hydrogen) atoms. The molecule has 0 aliphatic heterocycles. The fraction of sp³-hybridized carbons (Fsp3) is 0.150. The minimum absolute atomic E-state index is 0.130. The van der Waals surface area contributed by atoms with Gasteiger partial charge in [0.2, 0.25) is 0 Å². The Labute approximate surface area is 178 Å². The molecular weight excluding hydrogens is 432 g/mol. The molecule has 0 bridgehead atoms. The summed E-state index contributed by atoms with van der Waals surface area (Å²) in [7, 11) is -3.75. The van der Waals surface area contributed by atoms with Crippen LogP contribution in [0.4, 0.5) is 5.69 Å². The highest BCUT2D eigenvalue weighted by atomic mass is 35.5. The first-order valence-corrected chi connectivity index (χ1v) is 11.7. The van der Waals surface area contributed by atoms with Crippen LogP contribution in [0.25, 0.3) is 0 Å². The number of thioether (sulfide) groups is 1. The number of nitrogens with one attached hydrogen (secondary N) is 2. The Morgan fingerprint density at radius 3 is 2.55 bits per heavy atom. The first kappa shape index (κ1) is 21.3. The monoisotopic (exact) mass is 450 g/mol. The number of sulfonamides is 1. The van der Waals surface area contributed by atoms with Crippen molar-refractivity contribution < 1.29 is 17.6 Å². The van der Waals surface area contributed by atoms with Crippen LogP contribution in [0.3, 0.4) is 0 Å².